The van der Waals surface area contributed by atoms with Gasteiger partial charge in [-0.15, -0.1) is 0 Å². The summed E-state index contributed by atoms with van der Waals surface area (Å²) < 4.78 is 25.5. The highest BCUT2D eigenvalue weighted by Crippen LogP contribution is 2.16. The molecule has 0 radical (unpaired) electrons. The van der Waals surface area contributed by atoms with Crippen molar-refractivity contribution in [1.29, 1.82) is 0 Å². The summed E-state index contributed by atoms with van der Waals surface area (Å²) in [4.78, 5) is 0. The molecule has 2 nitrogen and oxygen atoms in total. The van der Waals surface area contributed by atoms with Gasteiger partial charge >= 0.3 is 0 Å². The van der Waals surface area contributed by atoms with Gasteiger partial charge in [0.2, 0.25) is 0 Å². The van der Waals surface area contributed by atoms with Crippen LogP contribution in [0.15, 0.2) is 18.2 Å². The highest BCUT2D eigenvalue weighted by Gasteiger charge is 2.10. The predicted octanol–water partition coefficient (Wildman–Crippen LogP) is 2.00. The van der Waals surface area contributed by atoms with E-state index in [0.717, 1.165) is 18.2 Å². The first kappa shape index (κ1) is 9.09. The number of rotatable bonds is 2. The minimum atomic E-state index is -0.610. The third-order valence-electron chi connectivity index (χ3n) is 1.62. The fourth-order valence-electron chi connectivity index (χ4n) is 0.916. The van der Waals surface area contributed by atoms with E-state index in [1.165, 1.54) is 6.92 Å². The lowest BCUT2D eigenvalue weighted by Crippen LogP contribution is -2.14. The van der Waals surface area contributed by atoms with Crippen molar-refractivity contribution in [3.8, 4) is 0 Å². The normalized spacial score (nSPS) is 13.0. The molecule has 0 heterocycles. The highest BCUT2D eigenvalue weighted by atomic mass is 19.1. The van der Waals surface area contributed by atoms with Crippen molar-refractivity contribution in [2.24, 2.45) is 0 Å². The maximum atomic E-state index is 12.9. The Balaban J connectivity index is 3.04. The number of hydrogen-bond acceptors (Lipinski definition) is 2. The Bertz CT molecular complexity index is 278. The molecule has 0 aromatic heterocycles. The summed E-state index contributed by atoms with van der Waals surface area (Å²) in [6.45, 7) is 1.53. The average Bonchev–Trinajstić information content (AvgIpc) is 2.08. The second-order valence-corrected chi connectivity index (χ2v) is 2.52. The Labute approximate surface area is 68.8 Å². The largest absolute Gasteiger partial charge is 0.316 e. The van der Waals surface area contributed by atoms with E-state index in [1.54, 1.807) is 0 Å². The van der Waals surface area contributed by atoms with Crippen molar-refractivity contribution >= 4 is 0 Å². The molecule has 1 atom stereocenters. The Kier molecular flexibility index (Phi) is 2.73. The van der Waals surface area contributed by atoms with Crippen molar-refractivity contribution in [2.75, 3.05) is 0 Å². The fourth-order valence-corrected chi connectivity index (χ4v) is 0.916. The van der Waals surface area contributed by atoms with E-state index in [4.69, 9.17) is 5.21 Å². The summed E-state index contributed by atoms with van der Waals surface area (Å²) in [5, 5.41) is 8.46. The van der Waals surface area contributed by atoms with Crippen LogP contribution < -0.4 is 5.48 Å². The van der Waals surface area contributed by atoms with Crippen LogP contribution in [0.4, 0.5) is 8.78 Å². The molecule has 66 valence electrons. The molecule has 2 N–H and O–H groups in total. The summed E-state index contributed by atoms with van der Waals surface area (Å²) in [6, 6.07) is 2.49. The van der Waals surface area contributed by atoms with Crippen LogP contribution in [0.5, 0.6) is 0 Å². The van der Waals surface area contributed by atoms with Gasteiger partial charge in [-0.25, -0.2) is 8.78 Å². The number of benzene rings is 1. The standard InChI is InChI=1S/C8H9F2NO/c1-5(11-12)7-4-6(9)2-3-8(7)10/h2-5,11-12H,1H3/t5-/m1/s1. The second-order valence-electron chi connectivity index (χ2n) is 2.52. The maximum Gasteiger partial charge on any atom is 0.128 e. The minimum Gasteiger partial charge on any atom is -0.316 e. The molecule has 0 aliphatic carbocycles. The van der Waals surface area contributed by atoms with Gasteiger partial charge in [-0.2, -0.15) is 5.48 Å². The van der Waals surface area contributed by atoms with Gasteiger partial charge in [-0.1, -0.05) is 0 Å². The Morgan fingerprint density at radius 2 is 2.08 bits per heavy atom. The van der Waals surface area contributed by atoms with Gasteiger partial charge in [0.15, 0.2) is 0 Å². The molecular weight excluding hydrogens is 164 g/mol. The van der Waals surface area contributed by atoms with Gasteiger partial charge in [0, 0.05) is 5.56 Å². The predicted molar refractivity (Wildman–Crippen MR) is 39.7 cm³/mol. The van der Waals surface area contributed by atoms with Crippen molar-refractivity contribution < 1.29 is 14.0 Å². The van der Waals surface area contributed by atoms with Crippen LogP contribution in [-0.2, 0) is 0 Å². The zero-order chi connectivity index (χ0) is 9.14. The van der Waals surface area contributed by atoms with Crippen molar-refractivity contribution in [3.05, 3.63) is 35.4 Å². The van der Waals surface area contributed by atoms with Crippen LogP contribution in [-0.4, -0.2) is 5.21 Å². The first-order valence-corrected chi connectivity index (χ1v) is 3.49. The minimum absolute atomic E-state index is 0.109. The maximum absolute atomic E-state index is 12.9. The molecular formula is C8H9F2NO. The SMILES string of the molecule is C[C@@H](NO)c1cc(F)ccc1F. The molecule has 0 bridgehead atoms. The fraction of sp³-hybridized carbons (Fsp3) is 0.250. The summed E-state index contributed by atoms with van der Waals surface area (Å²) >= 11 is 0. The van der Waals surface area contributed by atoms with Gasteiger partial charge < -0.3 is 5.21 Å². The third kappa shape index (κ3) is 1.78. The average molecular weight is 173 g/mol. The molecule has 0 aliphatic rings. The molecule has 0 fully saturated rings. The Morgan fingerprint density at radius 1 is 1.42 bits per heavy atom. The van der Waals surface area contributed by atoms with Crippen LogP contribution in [0.3, 0.4) is 0 Å². The third-order valence-corrected chi connectivity index (χ3v) is 1.62. The van der Waals surface area contributed by atoms with E-state index in [1.807, 2.05) is 5.48 Å². The van der Waals surface area contributed by atoms with Crippen LogP contribution in [0, 0.1) is 11.6 Å². The molecule has 1 aromatic rings. The topological polar surface area (TPSA) is 32.3 Å². The molecule has 0 saturated heterocycles. The van der Waals surface area contributed by atoms with Crippen LogP contribution in [0.25, 0.3) is 0 Å². The van der Waals surface area contributed by atoms with Gasteiger partial charge in [0.25, 0.3) is 0 Å². The van der Waals surface area contributed by atoms with Crippen LogP contribution in [0.1, 0.15) is 18.5 Å². The van der Waals surface area contributed by atoms with Crippen LogP contribution >= 0.6 is 0 Å². The highest BCUT2D eigenvalue weighted by molar-refractivity contribution is 5.21. The van der Waals surface area contributed by atoms with E-state index in [9.17, 15) is 8.78 Å². The first-order valence-electron chi connectivity index (χ1n) is 3.49. The van der Waals surface area contributed by atoms with Crippen LogP contribution in [0.2, 0.25) is 0 Å². The lowest BCUT2D eigenvalue weighted by Gasteiger charge is -2.09. The zero-order valence-electron chi connectivity index (χ0n) is 6.51. The second kappa shape index (κ2) is 3.60. The van der Waals surface area contributed by atoms with Gasteiger partial charge in [-0.05, 0) is 25.1 Å². The number of hydroxylamine groups is 1. The monoisotopic (exact) mass is 173 g/mol. The molecule has 12 heavy (non-hydrogen) atoms. The molecule has 0 aliphatic heterocycles. The van der Waals surface area contributed by atoms with E-state index in [-0.39, 0.29) is 5.56 Å². The Hall–Kier alpha value is -1.00. The molecule has 4 heteroatoms. The zero-order valence-corrected chi connectivity index (χ0v) is 6.51. The first-order chi connectivity index (χ1) is 5.65. The molecule has 0 amide bonds. The lowest BCUT2D eigenvalue weighted by atomic mass is 10.1. The summed E-state index contributed by atoms with van der Waals surface area (Å²) in [7, 11) is 0. The van der Waals surface area contributed by atoms with E-state index in [0.29, 0.717) is 0 Å². The number of halogens is 2. The van der Waals surface area contributed by atoms with Crippen molar-refractivity contribution in [3.63, 3.8) is 0 Å². The summed E-state index contributed by atoms with van der Waals surface area (Å²) in [5.41, 5.74) is 1.95. The smallest absolute Gasteiger partial charge is 0.128 e. The quantitative estimate of drug-likeness (QED) is 0.670. The summed E-state index contributed by atoms with van der Waals surface area (Å²) in [6.07, 6.45) is 0. The van der Waals surface area contributed by atoms with Crippen molar-refractivity contribution in [1.82, 2.24) is 5.48 Å². The summed E-state index contributed by atoms with van der Waals surface area (Å²) in [5.74, 6) is -1.06. The lowest BCUT2D eigenvalue weighted by molar-refractivity contribution is 0.131. The molecule has 0 saturated carbocycles. The number of hydrogen-bond donors (Lipinski definition) is 2. The van der Waals surface area contributed by atoms with E-state index < -0.39 is 17.7 Å². The van der Waals surface area contributed by atoms with Gasteiger partial charge in [0.05, 0.1) is 6.04 Å². The molecule has 0 unspecified atom stereocenters. The number of nitrogens with one attached hydrogen (secondary N) is 1. The van der Waals surface area contributed by atoms with E-state index >= 15 is 0 Å². The van der Waals surface area contributed by atoms with Gasteiger partial charge in [-0.3, -0.25) is 0 Å². The van der Waals surface area contributed by atoms with Crippen molar-refractivity contribution in [2.45, 2.75) is 13.0 Å². The molecule has 0 spiro atoms. The van der Waals surface area contributed by atoms with Gasteiger partial charge in [0.1, 0.15) is 11.6 Å². The van der Waals surface area contributed by atoms with E-state index in [2.05, 4.69) is 0 Å². The Morgan fingerprint density at radius 3 is 2.67 bits per heavy atom. The molecule has 1 rings (SSSR count). The molecule has 1 aromatic carbocycles.